The molecule has 0 saturated heterocycles. The second kappa shape index (κ2) is 5.61. The Morgan fingerprint density at radius 3 is 2.60 bits per heavy atom. The number of amides is 1. The van der Waals surface area contributed by atoms with Crippen LogP contribution < -0.4 is 11.2 Å². The largest absolute Gasteiger partial charge is 0.370 e. The summed E-state index contributed by atoms with van der Waals surface area (Å²) in [5, 5.41) is 2.25. The summed E-state index contributed by atoms with van der Waals surface area (Å²) in [6.45, 7) is 3.73. The van der Waals surface area contributed by atoms with Gasteiger partial charge in [0.15, 0.2) is 5.43 Å². The number of H-pyrrole nitrogens is 2. The molecule has 104 valence electrons. The first kappa shape index (κ1) is 13.9. The van der Waals surface area contributed by atoms with Crippen molar-refractivity contribution < 1.29 is 4.79 Å². The fraction of sp³-hybridized carbons (Fsp3) is 0.200. The first-order valence-electron chi connectivity index (χ1n) is 6.41. The van der Waals surface area contributed by atoms with E-state index in [1.54, 1.807) is 19.1 Å². The summed E-state index contributed by atoms with van der Waals surface area (Å²) >= 11 is 0. The Hall–Kier alpha value is -2.56. The second-order valence-electron chi connectivity index (χ2n) is 4.54. The molecular formula is C15H17N3O2. The van der Waals surface area contributed by atoms with E-state index in [4.69, 9.17) is 0 Å². The molecule has 2 heterocycles. The van der Waals surface area contributed by atoms with Crippen LogP contribution in [0.2, 0.25) is 0 Å². The third-order valence-electron chi connectivity index (χ3n) is 3.08. The quantitative estimate of drug-likeness (QED) is 0.633. The van der Waals surface area contributed by atoms with Crippen molar-refractivity contribution in [2.24, 2.45) is 5.73 Å². The normalized spacial score (nSPS) is 10.3. The molecule has 3 rings (SSSR count). The maximum atomic E-state index is 11.2. The zero-order chi connectivity index (χ0) is 14.7. The van der Waals surface area contributed by atoms with Gasteiger partial charge in [-0.05, 0) is 25.1 Å². The van der Waals surface area contributed by atoms with E-state index in [0.717, 1.165) is 27.5 Å². The zero-order valence-corrected chi connectivity index (χ0v) is 11.5. The molecule has 0 aliphatic carbocycles. The van der Waals surface area contributed by atoms with E-state index in [1.807, 2.05) is 25.3 Å². The maximum absolute atomic E-state index is 11.2. The van der Waals surface area contributed by atoms with E-state index in [9.17, 15) is 9.59 Å². The van der Waals surface area contributed by atoms with Gasteiger partial charge in [-0.25, -0.2) is 0 Å². The molecule has 0 aliphatic heterocycles. The number of hydrogen-bond acceptors (Lipinski definition) is 2. The number of carbonyl (C=O) groups is 1. The molecule has 0 radical (unpaired) electrons. The Labute approximate surface area is 115 Å². The van der Waals surface area contributed by atoms with Crippen LogP contribution in [0.4, 0.5) is 0 Å². The Bertz CT molecular complexity index is 815. The summed E-state index contributed by atoms with van der Waals surface area (Å²) in [5.41, 5.74) is 7.74. The summed E-state index contributed by atoms with van der Waals surface area (Å²) in [7, 11) is 0. The van der Waals surface area contributed by atoms with Gasteiger partial charge in [0, 0.05) is 35.2 Å². The molecule has 0 bridgehead atoms. The van der Waals surface area contributed by atoms with E-state index < -0.39 is 0 Å². The van der Waals surface area contributed by atoms with Crippen molar-refractivity contribution in [3.8, 4) is 0 Å². The summed E-state index contributed by atoms with van der Waals surface area (Å²) in [4.78, 5) is 27.2. The minimum absolute atomic E-state index is 0.0377. The number of nitrogens with one attached hydrogen (secondary N) is 2. The Kier molecular flexibility index (Phi) is 3.89. The molecule has 2 aromatic heterocycles. The van der Waals surface area contributed by atoms with Crippen molar-refractivity contribution in [2.75, 3.05) is 0 Å². The van der Waals surface area contributed by atoms with E-state index in [0.29, 0.717) is 6.42 Å². The number of aryl methyl sites for hydroxylation is 1. The van der Waals surface area contributed by atoms with Crippen molar-refractivity contribution in [2.45, 2.75) is 20.3 Å². The molecule has 0 fully saturated rings. The van der Waals surface area contributed by atoms with Gasteiger partial charge >= 0.3 is 0 Å². The smallest absolute Gasteiger partial charge is 0.217 e. The molecule has 5 heteroatoms. The molecule has 5 nitrogen and oxygen atoms in total. The molecule has 20 heavy (non-hydrogen) atoms. The van der Waals surface area contributed by atoms with Crippen LogP contribution in [0.15, 0.2) is 35.3 Å². The van der Waals surface area contributed by atoms with Gasteiger partial charge in [0.1, 0.15) is 0 Å². The predicted octanol–water partition coefficient (Wildman–Crippen LogP) is 2.20. The number of aromatic amines is 2. The first-order valence-corrected chi connectivity index (χ1v) is 6.41. The molecule has 0 spiro atoms. The van der Waals surface area contributed by atoms with Crippen molar-refractivity contribution in [1.29, 1.82) is 0 Å². The number of nitrogens with two attached hydrogens (primary N) is 1. The van der Waals surface area contributed by atoms with Gasteiger partial charge in [0.25, 0.3) is 0 Å². The van der Waals surface area contributed by atoms with Crippen molar-refractivity contribution in [3.05, 3.63) is 46.4 Å². The lowest BCUT2D eigenvalue weighted by Gasteiger charge is -1.94. The third kappa shape index (κ3) is 2.71. The minimum atomic E-state index is -0.245. The van der Waals surface area contributed by atoms with E-state index >= 15 is 0 Å². The molecule has 4 N–H and O–H groups in total. The van der Waals surface area contributed by atoms with Gasteiger partial charge in [-0.2, -0.15) is 0 Å². The summed E-state index contributed by atoms with van der Waals surface area (Å²) in [6.07, 6.45) is 2.36. The van der Waals surface area contributed by atoms with Gasteiger partial charge in [0.2, 0.25) is 5.91 Å². The Morgan fingerprint density at radius 2 is 1.95 bits per heavy atom. The second-order valence-corrected chi connectivity index (χ2v) is 4.54. The summed E-state index contributed by atoms with van der Waals surface area (Å²) in [5.74, 6) is -0.245. The van der Waals surface area contributed by atoms with E-state index in [-0.39, 0.29) is 11.3 Å². The molecule has 1 amide bonds. The highest BCUT2D eigenvalue weighted by Crippen LogP contribution is 2.24. The average Bonchev–Trinajstić information content (AvgIpc) is 2.78. The number of hydrogen-bond donors (Lipinski definition) is 3. The summed E-state index contributed by atoms with van der Waals surface area (Å²) < 4.78 is 0. The van der Waals surface area contributed by atoms with Gasteiger partial charge < -0.3 is 15.7 Å². The standard InChI is InChI=1S/C12H10N2O.C3H7NO/c1-7-12-10(4-5-13-7)9-3-2-8(15)6-11(9)14-12;1-2-3(4)5/h2-6,13-14H,1H3;2H2,1H3,(H2,4,5). The lowest BCUT2D eigenvalue weighted by Crippen LogP contribution is -2.06. The Balaban J connectivity index is 0.000000257. The topological polar surface area (TPSA) is 91.7 Å². The van der Waals surface area contributed by atoms with Crippen LogP contribution in [0.25, 0.3) is 21.8 Å². The van der Waals surface area contributed by atoms with Crippen LogP contribution in [0.3, 0.4) is 0 Å². The highest BCUT2D eigenvalue weighted by molar-refractivity contribution is 6.07. The predicted molar refractivity (Wildman–Crippen MR) is 80.6 cm³/mol. The number of pyridine rings is 1. The summed E-state index contributed by atoms with van der Waals surface area (Å²) in [6, 6.07) is 7.12. The van der Waals surface area contributed by atoms with Gasteiger partial charge in [-0.15, -0.1) is 0 Å². The number of benzene rings is 1. The molecular weight excluding hydrogens is 254 g/mol. The molecule has 3 aromatic rings. The van der Waals surface area contributed by atoms with Crippen LogP contribution in [-0.2, 0) is 4.79 Å². The number of primary amides is 1. The van der Waals surface area contributed by atoms with Crippen LogP contribution in [0.1, 0.15) is 19.0 Å². The molecule has 0 saturated carbocycles. The molecule has 0 atom stereocenters. The highest BCUT2D eigenvalue weighted by Gasteiger charge is 2.05. The number of rotatable bonds is 1. The minimum Gasteiger partial charge on any atom is -0.370 e. The van der Waals surface area contributed by atoms with Crippen LogP contribution >= 0.6 is 0 Å². The third-order valence-corrected chi connectivity index (χ3v) is 3.08. The first-order chi connectivity index (χ1) is 9.52. The van der Waals surface area contributed by atoms with E-state index in [2.05, 4.69) is 15.7 Å². The monoisotopic (exact) mass is 271 g/mol. The van der Waals surface area contributed by atoms with Crippen LogP contribution in [-0.4, -0.2) is 15.9 Å². The average molecular weight is 271 g/mol. The number of aromatic nitrogens is 2. The molecule has 0 aliphatic rings. The van der Waals surface area contributed by atoms with Crippen molar-refractivity contribution in [3.63, 3.8) is 0 Å². The molecule has 1 aromatic carbocycles. The SMILES string of the molecule is CCC(N)=O.Cc1[nH]ccc2c1[nH]c1cc(=O)ccc12. The van der Waals surface area contributed by atoms with Crippen LogP contribution in [0.5, 0.6) is 0 Å². The van der Waals surface area contributed by atoms with Gasteiger partial charge in [-0.1, -0.05) is 6.92 Å². The lowest BCUT2D eigenvalue weighted by molar-refractivity contribution is -0.117. The molecule has 0 unspecified atom stereocenters. The van der Waals surface area contributed by atoms with E-state index in [1.165, 1.54) is 0 Å². The van der Waals surface area contributed by atoms with Crippen molar-refractivity contribution in [1.82, 2.24) is 9.97 Å². The number of fused-ring (bicyclic) bond motifs is 3. The van der Waals surface area contributed by atoms with Gasteiger partial charge in [0.05, 0.1) is 11.0 Å². The number of carbonyl (C=O) groups excluding carboxylic acids is 1. The fourth-order valence-corrected chi connectivity index (χ4v) is 1.99. The zero-order valence-electron chi connectivity index (χ0n) is 11.5. The Morgan fingerprint density at radius 1 is 1.25 bits per heavy atom. The van der Waals surface area contributed by atoms with Gasteiger partial charge in [-0.3, -0.25) is 9.59 Å². The lowest BCUT2D eigenvalue weighted by atomic mass is 10.2. The van der Waals surface area contributed by atoms with Crippen molar-refractivity contribution >= 4 is 27.7 Å². The maximum Gasteiger partial charge on any atom is 0.217 e. The van der Waals surface area contributed by atoms with Crippen LogP contribution in [0, 0.1) is 6.92 Å². The highest BCUT2D eigenvalue weighted by atomic mass is 16.1. The fourth-order valence-electron chi connectivity index (χ4n) is 1.99.